The van der Waals surface area contributed by atoms with Crippen LogP contribution in [0, 0.1) is 0 Å². The number of aryl methyl sites for hydroxylation is 1. The molecule has 34 heavy (non-hydrogen) atoms. The maximum atomic E-state index is 12.9. The van der Waals surface area contributed by atoms with Gasteiger partial charge in [0.15, 0.2) is 0 Å². The molecule has 1 saturated heterocycles. The first-order chi connectivity index (χ1) is 16.6. The Labute approximate surface area is 198 Å². The molecule has 0 saturated carbocycles. The molecular formula is C27H27N3O4. The van der Waals surface area contributed by atoms with E-state index >= 15 is 0 Å². The van der Waals surface area contributed by atoms with Gasteiger partial charge in [-0.05, 0) is 47.9 Å². The number of carboxylic acids is 1. The highest BCUT2D eigenvalue weighted by molar-refractivity contribution is 5.90. The van der Waals surface area contributed by atoms with E-state index in [9.17, 15) is 14.7 Å². The van der Waals surface area contributed by atoms with Gasteiger partial charge in [-0.25, -0.2) is 9.59 Å². The van der Waals surface area contributed by atoms with Crippen molar-refractivity contribution < 1.29 is 19.4 Å². The maximum absolute atomic E-state index is 12.9. The van der Waals surface area contributed by atoms with Gasteiger partial charge in [-0.3, -0.25) is 4.68 Å². The number of aromatic nitrogens is 2. The number of likely N-dealkylation sites (tertiary alicyclic amines) is 1. The number of ether oxygens (including phenoxy) is 1. The first-order valence-electron chi connectivity index (χ1n) is 12.0. The molecular weight excluding hydrogens is 430 g/mol. The molecule has 1 amide bonds. The van der Waals surface area contributed by atoms with Crippen LogP contribution >= 0.6 is 0 Å². The molecule has 2 aliphatic heterocycles. The molecule has 0 atom stereocenters. The van der Waals surface area contributed by atoms with Crippen molar-refractivity contribution in [3.63, 3.8) is 0 Å². The molecule has 0 unspecified atom stereocenters. The number of hydrogen-bond donors (Lipinski definition) is 1. The van der Waals surface area contributed by atoms with E-state index in [1.54, 1.807) is 4.90 Å². The van der Waals surface area contributed by atoms with Gasteiger partial charge in [0.25, 0.3) is 0 Å². The monoisotopic (exact) mass is 457 g/mol. The normalized spacial score (nSPS) is 17.4. The lowest BCUT2D eigenvalue weighted by Crippen LogP contribution is -2.39. The van der Waals surface area contributed by atoms with Crippen molar-refractivity contribution in [2.45, 2.75) is 44.1 Å². The Balaban J connectivity index is 1.11. The zero-order valence-electron chi connectivity index (χ0n) is 18.9. The minimum atomic E-state index is -0.892. The zero-order valence-corrected chi connectivity index (χ0v) is 18.9. The Kier molecular flexibility index (Phi) is 5.12. The highest BCUT2D eigenvalue weighted by atomic mass is 16.6. The highest BCUT2D eigenvalue weighted by Crippen LogP contribution is 2.44. The smallest absolute Gasteiger partial charge is 0.409 e. The van der Waals surface area contributed by atoms with E-state index in [4.69, 9.17) is 4.74 Å². The lowest BCUT2D eigenvalue weighted by molar-refractivity contribution is 0.0690. The van der Waals surface area contributed by atoms with Crippen LogP contribution in [0.25, 0.3) is 11.1 Å². The number of rotatable bonds is 4. The van der Waals surface area contributed by atoms with Gasteiger partial charge in [0.2, 0.25) is 0 Å². The quantitative estimate of drug-likeness (QED) is 0.616. The average Bonchev–Trinajstić information content (AvgIpc) is 3.54. The Hall–Kier alpha value is -3.61. The summed E-state index contributed by atoms with van der Waals surface area (Å²) in [4.78, 5) is 26.6. The number of nitrogens with zero attached hydrogens (tertiary/aromatic N) is 3. The van der Waals surface area contributed by atoms with E-state index in [1.807, 2.05) is 28.9 Å². The number of benzene rings is 2. The number of carbonyl (C=O) groups is 2. The number of aromatic carboxylic acids is 1. The van der Waals surface area contributed by atoms with Crippen molar-refractivity contribution in [3.8, 4) is 11.1 Å². The third-order valence-electron chi connectivity index (χ3n) is 7.56. The summed E-state index contributed by atoms with van der Waals surface area (Å²) in [6.07, 6.45) is 2.81. The maximum Gasteiger partial charge on any atom is 0.409 e. The Morgan fingerprint density at radius 1 is 0.971 bits per heavy atom. The van der Waals surface area contributed by atoms with Crippen LogP contribution in [-0.4, -0.2) is 51.5 Å². The van der Waals surface area contributed by atoms with Crippen molar-refractivity contribution >= 4 is 12.1 Å². The van der Waals surface area contributed by atoms with E-state index in [0.29, 0.717) is 43.8 Å². The fourth-order valence-corrected chi connectivity index (χ4v) is 5.89. The third kappa shape index (κ3) is 3.38. The first-order valence-corrected chi connectivity index (χ1v) is 12.0. The van der Waals surface area contributed by atoms with Crippen LogP contribution in [0.5, 0.6) is 0 Å². The number of carbonyl (C=O) groups excluding carboxylic acids is 1. The van der Waals surface area contributed by atoms with Gasteiger partial charge in [0.1, 0.15) is 12.2 Å². The van der Waals surface area contributed by atoms with E-state index in [0.717, 1.165) is 25.1 Å². The molecule has 0 radical (unpaired) electrons. The molecule has 1 aromatic heterocycles. The van der Waals surface area contributed by atoms with Crippen LogP contribution in [0.1, 0.15) is 64.0 Å². The minimum Gasteiger partial charge on any atom is -0.478 e. The molecule has 7 nitrogen and oxygen atoms in total. The van der Waals surface area contributed by atoms with Gasteiger partial charge in [-0.15, -0.1) is 0 Å². The van der Waals surface area contributed by atoms with Crippen LogP contribution in [-0.2, 0) is 17.7 Å². The summed E-state index contributed by atoms with van der Waals surface area (Å²) in [5.41, 5.74) is 6.74. The Bertz CT molecular complexity index is 1230. The zero-order chi connectivity index (χ0) is 23.2. The minimum absolute atomic E-state index is 0.0416. The fraction of sp³-hybridized carbons (Fsp3) is 0.370. The second-order valence-corrected chi connectivity index (χ2v) is 9.40. The van der Waals surface area contributed by atoms with Crippen LogP contribution in [0.4, 0.5) is 4.79 Å². The lowest BCUT2D eigenvalue weighted by Gasteiger charge is -2.31. The van der Waals surface area contributed by atoms with Gasteiger partial charge < -0.3 is 14.7 Å². The molecule has 6 rings (SSSR count). The van der Waals surface area contributed by atoms with Gasteiger partial charge in [-0.2, -0.15) is 5.10 Å². The first kappa shape index (κ1) is 21.0. The molecule has 2 aromatic carbocycles. The Morgan fingerprint density at radius 3 is 2.26 bits per heavy atom. The fourth-order valence-electron chi connectivity index (χ4n) is 5.89. The molecule has 1 fully saturated rings. The van der Waals surface area contributed by atoms with E-state index < -0.39 is 5.97 Å². The number of piperidine rings is 1. The molecule has 3 heterocycles. The van der Waals surface area contributed by atoms with Crippen LogP contribution in [0.3, 0.4) is 0 Å². The largest absolute Gasteiger partial charge is 0.478 e. The predicted molar refractivity (Wildman–Crippen MR) is 126 cm³/mol. The van der Waals surface area contributed by atoms with Crippen molar-refractivity contribution in [3.05, 3.63) is 76.6 Å². The molecule has 1 aliphatic carbocycles. The standard InChI is InChI=1S/C27H27N3O4/c31-26(32)24-23-10-5-13-30(23)28-25(24)17-11-14-29(15-12-17)27(33)34-16-22-20-8-3-1-6-18(20)19-7-2-4-9-21(19)22/h1-4,6-9,17,22H,5,10-16H2,(H,31,32). The molecule has 3 aliphatic rings. The van der Waals surface area contributed by atoms with Crippen molar-refractivity contribution in [2.75, 3.05) is 19.7 Å². The van der Waals surface area contributed by atoms with Gasteiger partial charge >= 0.3 is 12.1 Å². The molecule has 3 aromatic rings. The van der Waals surface area contributed by atoms with E-state index in [1.165, 1.54) is 22.3 Å². The Morgan fingerprint density at radius 2 is 1.62 bits per heavy atom. The van der Waals surface area contributed by atoms with Crippen LogP contribution in [0.2, 0.25) is 0 Å². The summed E-state index contributed by atoms with van der Waals surface area (Å²) in [5, 5.41) is 14.4. The molecule has 7 heteroatoms. The van der Waals surface area contributed by atoms with E-state index in [-0.39, 0.29) is 17.9 Å². The van der Waals surface area contributed by atoms with Crippen molar-refractivity contribution in [2.24, 2.45) is 0 Å². The van der Waals surface area contributed by atoms with Crippen molar-refractivity contribution in [1.82, 2.24) is 14.7 Å². The summed E-state index contributed by atoms with van der Waals surface area (Å²) < 4.78 is 7.66. The second kappa shape index (κ2) is 8.31. The molecule has 1 N–H and O–H groups in total. The van der Waals surface area contributed by atoms with Gasteiger partial charge in [0.05, 0.1) is 11.4 Å². The third-order valence-corrected chi connectivity index (χ3v) is 7.56. The SMILES string of the molecule is O=C(O)c1c(C2CCN(C(=O)OCC3c4ccccc4-c4ccccc43)CC2)nn2c1CCC2. The van der Waals surface area contributed by atoms with E-state index in [2.05, 4.69) is 29.4 Å². The molecule has 0 spiro atoms. The summed E-state index contributed by atoms with van der Waals surface area (Å²) in [5.74, 6) is -0.793. The summed E-state index contributed by atoms with van der Waals surface area (Å²) in [6, 6.07) is 16.6. The summed E-state index contributed by atoms with van der Waals surface area (Å²) in [7, 11) is 0. The van der Waals surface area contributed by atoms with Gasteiger partial charge in [0, 0.05) is 31.5 Å². The predicted octanol–water partition coefficient (Wildman–Crippen LogP) is 4.66. The highest BCUT2D eigenvalue weighted by Gasteiger charge is 2.34. The number of fused-ring (bicyclic) bond motifs is 4. The summed E-state index contributed by atoms with van der Waals surface area (Å²) in [6.45, 7) is 2.18. The topological polar surface area (TPSA) is 84.7 Å². The molecule has 174 valence electrons. The second-order valence-electron chi connectivity index (χ2n) is 9.40. The van der Waals surface area contributed by atoms with Crippen LogP contribution < -0.4 is 0 Å². The molecule has 0 bridgehead atoms. The van der Waals surface area contributed by atoms with Crippen LogP contribution in [0.15, 0.2) is 48.5 Å². The lowest BCUT2D eigenvalue weighted by atomic mass is 9.90. The average molecular weight is 458 g/mol. The number of hydrogen-bond acceptors (Lipinski definition) is 4. The number of carboxylic acid groups (broad SMARTS) is 1. The number of amides is 1. The van der Waals surface area contributed by atoms with Crippen molar-refractivity contribution in [1.29, 1.82) is 0 Å². The summed E-state index contributed by atoms with van der Waals surface area (Å²) >= 11 is 0. The van der Waals surface area contributed by atoms with Gasteiger partial charge in [-0.1, -0.05) is 48.5 Å².